The second kappa shape index (κ2) is 13.1. The number of benzene rings is 2. The molecule has 3 aromatic heterocycles. The highest BCUT2D eigenvalue weighted by molar-refractivity contribution is 7.89. The van der Waals surface area contributed by atoms with Crippen LogP contribution in [0.15, 0.2) is 88.1 Å². The number of nitrogen functional groups attached to an aromatic ring is 1. The number of nitrogens with zero attached hydrogens (tertiary/aromatic N) is 6. The Balaban J connectivity index is 1.61. The van der Waals surface area contributed by atoms with E-state index in [2.05, 4.69) is 44.2 Å². The van der Waals surface area contributed by atoms with Crippen molar-refractivity contribution >= 4 is 51.1 Å². The number of anilines is 1. The molecule has 3 atom stereocenters. The number of amides is 1. The molecule has 0 fully saturated rings. The fraction of sp³-hybridized carbons (Fsp3) is 0.188. The van der Waals surface area contributed by atoms with E-state index in [1.807, 2.05) is 12.1 Å². The molecule has 0 aliphatic heterocycles. The lowest BCUT2D eigenvalue weighted by atomic mass is 10.0. The van der Waals surface area contributed by atoms with Crippen LogP contribution in [0, 0.1) is 17.8 Å². The Kier molecular flexibility index (Phi) is 9.08. The number of hydrogen-bond donors (Lipinski definition) is 3. The molecule has 0 saturated carbocycles. The molecule has 0 spiro atoms. The first-order valence-corrected chi connectivity index (χ1v) is 15.8. The van der Waals surface area contributed by atoms with Crippen LogP contribution in [0.2, 0.25) is 0 Å². The number of fused-ring (bicyclic) bond motifs is 2. The largest absolute Gasteiger partial charge is 0.381 e. The smallest absolute Gasteiger partial charge is 0.264 e. The van der Waals surface area contributed by atoms with Crippen LogP contribution < -0.4 is 21.7 Å². The van der Waals surface area contributed by atoms with E-state index < -0.39 is 33.1 Å². The lowest BCUT2D eigenvalue weighted by Crippen LogP contribution is -2.32. The summed E-state index contributed by atoms with van der Waals surface area (Å²) in [6.07, 6.45) is 4.64. The van der Waals surface area contributed by atoms with E-state index in [4.69, 9.17) is 10.9 Å². The van der Waals surface area contributed by atoms with Crippen LogP contribution in [0.3, 0.4) is 0 Å². The Morgan fingerprint density at radius 2 is 1.91 bits per heavy atom. The maximum Gasteiger partial charge on any atom is 0.264 e. The summed E-state index contributed by atoms with van der Waals surface area (Å²) in [6.45, 7) is 6.57. The summed E-state index contributed by atoms with van der Waals surface area (Å²) in [6, 6.07) is 17.1. The number of pyridine rings is 1. The van der Waals surface area contributed by atoms with Gasteiger partial charge >= 0.3 is 0 Å². The first-order chi connectivity index (χ1) is 22.0. The van der Waals surface area contributed by atoms with Crippen molar-refractivity contribution in [3.8, 4) is 17.5 Å². The van der Waals surface area contributed by atoms with Crippen molar-refractivity contribution in [3.05, 3.63) is 100 Å². The maximum absolute atomic E-state index is 14.3. The van der Waals surface area contributed by atoms with Gasteiger partial charge in [-0.25, -0.2) is 23.1 Å². The summed E-state index contributed by atoms with van der Waals surface area (Å²) in [4.78, 5) is 32.1. The number of nitrogens with one attached hydrogen (secondary N) is 1. The Labute approximate surface area is 264 Å². The van der Waals surface area contributed by atoms with E-state index in [9.17, 15) is 18.0 Å². The third-order valence-electron chi connectivity index (χ3n) is 7.40. The highest BCUT2D eigenvalue weighted by Gasteiger charge is 2.24. The number of carbonyl (C=O) groups excluding carboxylic acids is 1. The third-order valence-corrected chi connectivity index (χ3v) is 8.71. The lowest BCUT2D eigenvalue weighted by Gasteiger charge is -2.21. The number of carbonyl (C=O) groups is 1. The van der Waals surface area contributed by atoms with E-state index in [0.29, 0.717) is 33.4 Å². The zero-order valence-corrected chi connectivity index (χ0v) is 25.8. The Morgan fingerprint density at radius 1 is 1.15 bits per heavy atom. The number of nitrogens with two attached hydrogens (primary N) is 2. The molecule has 0 aliphatic rings. The number of aromatic nitrogens is 4. The summed E-state index contributed by atoms with van der Waals surface area (Å²) < 4.78 is 26.7. The van der Waals surface area contributed by atoms with Gasteiger partial charge in [0.15, 0.2) is 11.5 Å². The molecule has 1 amide bonds. The van der Waals surface area contributed by atoms with Crippen LogP contribution in [-0.4, -0.2) is 51.7 Å². The lowest BCUT2D eigenvalue weighted by molar-refractivity contribution is 0.0941. The number of hydrogen-bond acceptors (Lipinski definition) is 9. The van der Waals surface area contributed by atoms with Crippen molar-refractivity contribution in [2.24, 2.45) is 21.3 Å². The van der Waals surface area contributed by atoms with E-state index in [1.54, 1.807) is 67.8 Å². The van der Waals surface area contributed by atoms with Gasteiger partial charge < -0.3 is 11.1 Å². The molecule has 3 heterocycles. The van der Waals surface area contributed by atoms with E-state index in [0.717, 1.165) is 0 Å². The molecule has 2 aromatic carbocycles. The topological polar surface area (TPSA) is 192 Å². The number of primary sulfonamides is 1. The molecule has 0 aliphatic carbocycles. The quantitative estimate of drug-likeness (QED) is 0.126. The summed E-state index contributed by atoms with van der Waals surface area (Å²) in [7, 11) is -3.81. The molecular weight excluding hydrogens is 606 g/mol. The third kappa shape index (κ3) is 6.55. The van der Waals surface area contributed by atoms with Crippen molar-refractivity contribution in [1.29, 1.82) is 0 Å². The van der Waals surface area contributed by atoms with Crippen LogP contribution >= 0.6 is 0 Å². The first-order valence-electron chi connectivity index (χ1n) is 14.2. The molecule has 0 radical (unpaired) electrons. The van der Waals surface area contributed by atoms with Crippen molar-refractivity contribution in [2.45, 2.75) is 31.6 Å². The van der Waals surface area contributed by atoms with Crippen LogP contribution in [-0.2, 0) is 10.0 Å². The average molecular weight is 638 g/mol. The predicted molar refractivity (Wildman–Crippen MR) is 178 cm³/mol. The van der Waals surface area contributed by atoms with Gasteiger partial charge in [-0.1, -0.05) is 42.2 Å². The Morgan fingerprint density at radius 3 is 2.63 bits per heavy atom. The average Bonchev–Trinajstić information content (AvgIpc) is 3.37. The minimum absolute atomic E-state index is 0.0243. The molecule has 5 aromatic rings. The molecule has 3 unspecified atom stereocenters. The SMILES string of the molecule is C=N/N=C/C(C#Cc1cccc2cc(C(C)NC(=O)c3c(N)nn4cccnc34)n(-c3ccccc3)c(=O)c12)CC(C)S(N)(=O)=O. The summed E-state index contributed by atoms with van der Waals surface area (Å²) >= 11 is 0. The fourth-order valence-electron chi connectivity index (χ4n) is 5.06. The molecule has 0 bridgehead atoms. The molecule has 5 N–H and O–H groups in total. The molecule has 0 saturated heterocycles. The van der Waals surface area contributed by atoms with Crippen LogP contribution in [0.25, 0.3) is 22.1 Å². The van der Waals surface area contributed by atoms with Gasteiger partial charge in [-0.05, 0) is 56.0 Å². The van der Waals surface area contributed by atoms with Gasteiger partial charge in [0, 0.05) is 42.3 Å². The van der Waals surface area contributed by atoms with Crippen LogP contribution in [0.1, 0.15) is 47.9 Å². The van der Waals surface area contributed by atoms with Crippen molar-refractivity contribution in [2.75, 3.05) is 5.73 Å². The maximum atomic E-state index is 14.3. The second-order valence-electron chi connectivity index (χ2n) is 10.6. The summed E-state index contributed by atoms with van der Waals surface area (Å²) in [5, 5.41) is 19.7. The molecule has 234 valence electrons. The normalized spacial score (nSPS) is 13.6. The van der Waals surface area contributed by atoms with Gasteiger partial charge in [-0.2, -0.15) is 10.2 Å². The van der Waals surface area contributed by atoms with Gasteiger partial charge in [-0.15, -0.1) is 5.10 Å². The zero-order chi connectivity index (χ0) is 33.0. The molecule has 13 nitrogen and oxygen atoms in total. The fourth-order valence-corrected chi connectivity index (χ4v) is 5.54. The predicted octanol–water partition coefficient (Wildman–Crippen LogP) is 2.83. The Hall–Kier alpha value is -5.65. The van der Waals surface area contributed by atoms with Crippen LogP contribution in [0.5, 0.6) is 0 Å². The minimum Gasteiger partial charge on any atom is -0.381 e. The summed E-state index contributed by atoms with van der Waals surface area (Å²) in [5.41, 5.74) is 7.65. The monoisotopic (exact) mass is 637 g/mol. The highest BCUT2D eigenvalue weighted by atomic mass is 32.2. The van der Waals surface area contributed by atoms with E-state index >= 15 is 0 Å². The van der Waals surface area contributed by atoms with Crippen LogP contribution in [0.4, 0.5) is 5.82 Å². The van der Waals surface area contributed by atoms with E-state index in [1.165, 1.54) is 22.2 Å². The summed E-state index contributed by atoms with van der Waals surface area (Å²) in [5.74, 6) is 4.94. The van der Waals surface area contributed by atoms with Gasteiger partial charge in [0.2, 0.25) is 10.0 Å². The van der Waals surface area contributed by atoms with Gasteiger partial charge in [-0.3, -0.25) is 14.2 Å². The number of rotatable bonds is 9. The molecule has 14 heteroatoms. The first kappa shape index (κ1) is 31.8. The highest BCUT2D eigenvalue weighted by Crippen LogP contribution is 2.25. The standard InChI is InChI=1S/C32H31N9O4S/c1-20(46(34,44)45)17-22(19-37-35-3)13-14-23-9-7-10-24-18-26(41(32(43)27(23)24)25-11-5-4-6-12-25)21(2)38-31(42)28-29(33)39-40-16-8-15-36-30(28)40/h4-12,15-16,18-22H,3,17H2,1-2H3,(H2,33,39)(H,38,42)(H2,34,44,45)/b37-19+. The Bertz CT molecular complexity index is 2220. The molecule has 46 heavy (non-hydrogen) atoms. The van der Waals surface area contributed by atoms with Gasteiger partial charge in [0.1, 0.15) is 5.56 Å². The van der Waals surface area contributed by atoms with Gasteiger partial charge in [0.05, 0.1) is 22.6 Å². The van der Waals surface area contributed by atoms with Crippen molar-refractivity contribution in [3.63, 3.8) is 0 Å². The van der Waals surface area contributed by atoms with E-state index in [-0.39, 0.29) is 23.4 Å². The molecular formula is C32H31N9O4S. The number of sulfonamides is 1. The van der Waals surface area contributed by atoms with Gasteiger partial charge in [0.25, 0.3) is 11.5 Å². The second-order valence-corrected chi connectivity index (χ2v) is 12.6. The zero-order valence-electron chi connectivity index (χ0n) is 25.0. The number of para-hydroxylation sites is 1. The minimum atomic E-state index is -3.81. The molecule has 5 rings (SSSR count). The van der Waals surface area contributed by atoms with Crippen molar-refractivity contribution in [1.82, 2.24) is 24.5 Å². The van der Waals surface area contributed by atoms with Crippen molar-refractivity contribution < 1.29 is 13.2 Å².